The van der Waals surface area contributed by atoms with Crippen LogP contribution >= 0.6 is 23.2 Å². The standard InChI is InChI=1S/C21H23Cl2N3O4S/c1-15-4-2-3-5-17(15)21(28)24-9-8-20(27)25-10-12-26(13-11-25)31(29,30)16-6-7-18(22)19(23)14-16/h2-7,14H,8-13H2,1H3,(H,24,28). The number of carbonyl (C=O) groups excluding carboxylic acids is 2. The number of hydrogen-bond acceptors (Lipinski definition) is 4. The maximum Gasteiger partial charge on any atom is 0.251 e. The lowest BCUT2D eigenvalue weighted by Gasteiger charge is -2.34. The highest BCUT2D eigenvalue weighted by Crippen LogP contribution is 2.27. The summed E-state index contributed by atoms with van der Waals surface area (Å²) in [5.41, 5.74) is 1.45. The Morgan fingerprint density at radius 1 is 1.00 bits per heavy atom. The van der Waals surface area contributed by atoms with Crippen LogP contribution in [0.5, 0.6) is 0 Å². The van der Waals surface area contributed by atoms with Crippen molar-refractivity contribution in [3.05, 3.63) is 63.6 Å². The number of piperazine rings is 1. The largest absolute Gasteiger partial charge is 0.352 e. The smallest absolute Gasteiger partial charge is 0.251 e. The molecule has 0 saturated carbocycles. The quantitative estimate of drug-likeness (QED) is 0.683. The fraction of sp³-hybridized carbons (Fsp3) is 0.333. The van der Waals surface area contributed by atoms with Gasteiger partial charge < -0.3 is 10.2 Å². The van der Waals surface area contributed by atoms with Crippen LogP contribution in [0, 0.1) is 6.92 Å². The molecule has 1 aliphatic heterocycles. The Kier molecular flexibility index (Phi) is 7.59. The SMILES string of the molecule is Cc1ccccc1C(=O)NCCC(=O)N1CCN(S(=O)(=O)c2ccc(Cl)c(Cl)c2)CC1. The maximum absolute atomic E-state index is 12.8. The number of nitrogens with one attached hydrogen (secondary N) is 1. The van der Waals surface area contributed by atoms with E-state index in [1.807, 2.05) is 19.1 Å². The number of rotatable bonds is 6. The van der Waals surface area contributed by atoms with Crippen LogP contribution in [0.25, 0.3) is 0 Å². The Hall–Kier alpha value is -2.13. The number of carbonyl (C=O) groups is 2. The number of benzene rings is 2. The van der Waals surface area contributed by atoms with Crippen molar-refractivity contribution in [3.8, 4) is 0 Å². The molecule has 3 rings (SSSR count). The first-order valence-corrected chi connectivity index (χ1v) is 12.0. The average Bonchev–Trinajstić information content (AvgIpc) is 2.75. The summed E-state index contributed by atoms with van der Waals surface area (Å²) >= 11 is 11.8. The summed E-state index contributed by atoms with van der Waals surface area (Å²) in [6.07, 6.45) is 0.150. The molecule has 2 aromatic carbocycles. The highest BCUT2D eigenvalue weighted by molar-refractivity contribution is 7.89. The van der Waals surface area contributed by atoms with Gasteiger partial charge in [0.15, 0.2) is 0 Å². The van der Waals surface area contributed by atoms with E-state index in [4.69, 9.17) is 23.2 Å². The van der Waals surface area contributed by atoms with Gasteiger partial charge in [0.25, 0.3) is 5.91 Å². The van der Waals surface area contributed by atoms with Crippen molar-refractivity contribution in [2.45, 2.75) is 18.2 Å². The highest BCUT2D eigenvalue weighted by atomic mass is 35.5. The van der Waals surface area contributed by atoms with Crippen LogP contribution in [0.3, 0.4) is 0 Å². The number of hydrogen-bond donors (Lipinski definition) is 1. The second-order valence-electron chi connectivity index (χ2n) is 7.18. The third kappa shape index (κ3) is 5.57. The van der Waals surface area contributed by atoms with Crippen molar-refractivity contribution in [2.75, 3.05) is 32.7 Å². The van der Waals surface area contributed by atoms with Gasteiger partial charge in [0.1, 0.15) is 0 Å². The lowest BCUT2D eigenvalue weighted by Crippen LogP contribution is -2.50. The minimum absolute atomic E-state index is 0.0700. The molecule has 2 amide bonds. The molecule has 10 heteroatoms. The summed E-state index contributed by atoms with van der Waals surface area (Å²) in [5, 5.41) is 3.21. The molecule has 0 radical (unpaired) electrons. The van der Waals surface area contributed by atoms with Gasteiger partial charge in [-0.25, -0.2) is 8.42 Å². The summed E-state index contributed by atoms with van der Waals surface area (Å²) in [5.74, 6) is -0.347. The predicted molar refractivity (Wildman–Crippen MR) is 120 cm³/mol. The molecule has 0 aromatic heterocycles. The molecule has 0 aliphatic carbocycles. The Balaban J connectivity index is 1.50. The van der Waals surface area contributed by atoms with Gasteiger partial charge in [0.2, 0.25) is 15.9 Å². The first-order chi connectivity index (χ1) is 14.7. The number of nitrogens with zero attached hydrogens (tertiary/aromatic N) is 2. The molecule has 166 valence electrons. The molecule has 1 fully saturated rings. The van der Waals surface area contributed by atoms with Gasteiger partial charge >= 0.3 is 0 Å². The molecular formula is C21H23Cl2N3O4S. The van der Waals surface area contributed by atoms with Crippen molar-refractivity contribution in [1.82, 2.24) is 14.5 Å². The third-order valence-corrected chi connectivity index (χ3v) is 7.77. The molecule has 1 saturated heterocycles. The fourth-order valence-corrected chi connectivity index (χ4v) is 5.14. The topological polar surface area (TPSA) is 86.8 Å². The summed E-state index contributed by atoms with van der Waals surface area (Å²) in [4.78, 5) is 26.4. The summed E-state index contributed by atoms with van der Waals surface area (Å²) in [7, 11) is -3.72. The van der Waals surface area contributed by atoms with Crippen LogP contribution in [-0.4, -0.2) is 62.2 Å². The number of aryl methyl sites for hydroxylation is 1. The van der Waals surface area contributed by atoms with Gasteiger partial charge in [-0.1, -0.05) is 41.4 Å². The van der Waals surface area contributed by atoms with E-state index in [1.165, 1.54) is 22.5 Å². The lowest BCUT2D eigenvalue weighted by atomic mass is 10.1. The Labute approximate surface area is 192 Å². The molecule has 1 aliphatic rings. The van der Waals surface area contributed by atoms with E-state index < -0.39 is 10.0 Å². The summed E-state index contributed by atoms with van der Waals surface area (Å²) in [6.45, 7) is 3.00. The molecule has 0 spiro atoms. The van der Waals surface area contributed by atoms with E-state index in [9.17, 15) is 18.0 Å². The second-order valence-corrected chi connectivity index (χ2v) is 9.93. The highest BCUT2D eigenvalue weighted by Gasteiger charge is 2.30. The predicted octanol–water partition coefficient (Wildman–Crippen LogP) is 2.95. The van der Waals surface area contributed by atoms with Crippen molar-refractivity contribution in [3.63, 3.8) is 0 Å². The zero-order valence-corrected chi connectivity index (χ0v) is 19.3. The van der Waals surface area contributed by atoms with E-state index in [2.05, 4.69) is 5.32 Å². The Bertz CT molecular complexity index is 1080. The van der Waals surface area contributed by atoms with Gasteiger partial charge in [0, 0.05) is 44.7 Å². The van der Waals surface area contributed by atoms with Crippen LogP contribution in [0.1, 0.15) is 22.3 Å². The molecule has 0 bridgehead atoms. The molecule has 1 heterocycles. The van der Waals surface area contributed by atoms with E-state index in [-0.39, 0.29) is 65.9 Å². The molecule has 2 aromatic rings. The van der Waals surface area contributed by atoms with Crippen molar-refractivity contribution >= 4 is 45.0 Å². The van der Waals surface area contributed by atoms with Crippen LogP contribution in [0.4, 0.5) is 0 Å². The van der Waals surface area contributed by atoms with Crippen LogP contribution in [0.15, 0.2) is 47.4 Å². The minimum atomic E-state index is -3.72. The van der Waals surface area contributed by atoms with Gasteiger partial charge in [-0.2, -0.15) is 4.31 Å². The van der Waals surface area contributed by atoms with Crippen LogP contribution in [0.2, 0.25) is 10.0 Å². The minimum Gasteiger partial charge on any atom is -0.352 e. The van der Waals surface area contributed by atoms with E-state index >= 15 is 0 Å². The summed E-state index contributed by atoms with van der Waals surface area (Å²) < 4.78 is 26.9. The normalized spacial score (nSPS) is 15.0. The van der Waals surface area contributed by atoms with Crippen molar-refractivity contribution in [1.29, 1.82) is 0 Å². The zero-order valence-electron chi connectivity index (χ0n) is 17.0. The monoisotopic (exact) mass is 483 g/mol. The van der Waals surface area contributed by atoms with Gasteiger partial charge in [-0.15, -0.1) is 0 Å². The van der Waals surface area contributed by atoms with Crippen LogP contribution < -0.4 is 5.32 Å². The Morgan fingerprint density at radius 2 is 1.68 bits per heavy atom. The summed E-state index contributed by atoms with van der Waals surface area (Å²) in [6, 6.07) is 11.4. The molecule has 0 unspecified atom stereocenters. The second kappa shape index (κ2) is 9.99. The zero-order chi connectivity index (χ0) is 22.6. The van der Waals surface area contributed by atoms with E-state index in [0.717, 1.165) is 5.56 Å². The lowest BCUT2D eigenvalue weighted by molar-refractivity contribution is -0.132. The first kappa shape index (κ1) is 23.5. The maximum atomic E-state index is 12.8. The van der Waals surface area contributed by atoms with Crippen molar-refractivity contribution < 1.29 is 18.0 Å². The molecular weight excluding hydrogens is 461 g/mol. The molecule has 7 nitrogen and oxygen atoms in total. The average molecular weight is 484 g/mol. The first-order valence-electron chi connectivity index (χ1n) is 9.77. The fourth-order valence-electron chi connectivity index (χ4n) is 3.33. The molecule has 1 N–H and O–H groups in total. The molecule has 0 atom stereocenters. The third-order valence-electron chi connectivity index (χ3n) is 5.13. The number of amides is 2. The van der Waals surface area contributed by atoms with Crippen LogP contribution in [-0.2, 0) is 14.8 Å². The molecule has 31 heavy (non-hydrogen) atoms. The van der Waals surface area contributed by atoms with Gasteiger partial charge in [-0.3, -0.25) is 9.59 Å². The van der Waals surface area contributed by atoms with E-state index in [1.54, 1.807) is 17.0 Å². The Morgan fingerprint density at radius 3 is 2.32 bits per heavy atom. The number of sulfonamides is 1. The number of halogens is 2. The van der Waals surface area contributed by atoms with Crippen molar-refractivity contribution in [2.24, 2.45) is 0 Å². The van der Waals surface area contributed by atoms with Gasteiger partial charge in [0.05, 0.1) is 14.9 Å². The van der Waals surface area contributed by atoms with Gasteiger partial charge in [-0.05, 0) is 36.8 Å². The van der Waals surface area contributed by atoms with E-state index in [0.29, 0.717) is 5.56 Å².